The molecule has 0 aliphatic carbocycles. The number of nitrogens with one attached hydrogen (secondary N) is 1. The second-order valence-electron chi connectivity index (χ2n) is 5.07. The Labute approximate surface area is 113 Å². The summed E-state index contributed by atoms with van der Waals surface area (Å²) >= 11 is 0. The maximum absolute atomic E-state index is 5.78. The van der Waals surface area contributed by atoms with Gasteiger partial charge in [-0.3, -0.25) is 0 Å². The Bertz CT molecular complexity index is 467. The Morgan fingerprint density at radius 3 is 3.11 bits per heavy atom. The highest BCUT2D eigenvalue weighted by Gasteiger charge is 2.27. The molecule has 2 heterocycles. The summed E-state index contributed by atoms with van der Waals surface area (Å²) < 4.78 is 11.0. The monoisotopic (exact) mass is 260 g/mol. The van der Waals surface area contributed by atoms with Gasteiger partial charge in [0.2, 0.25) is 5.90 Å². The van der Waals surface area contributed by atoms with Crippen molar-refractivity contribution in [2.45, 2.75) is 31.3 Å². The Morgan fingerprint density at radius 2 is 2.32 bits per heavy atom. The van der Waals surface area contributed by atoms with Gasteiger partial charge in [-0.15, -0.1) is 0 Å². The van der Waals surface area contributed by atoms with E-state index in [2.05, 4.69) is 11.4 Å². The molecule has 2 atom stereocenters. The molecule has 4 nitrogen and oxygen atoms in total. The van der Waals surface area contributed by atoms with Crippen LogP contribution in [0.3, 0.4) is 0 Å². The molecule has 0 spiro atoms. The van der Waals surface area contributed by atoms with Crippen LogP contribution in [0.15, 0.2) is 29.3 Å². The number of hydrogen-bond donors (Lipinski definition) is 1. The average molecular weight is 260 g/mol. The van der Waals surface area contributed by atoms with E-state index in [4.69, 9.17) is 14.5 Å². The molecule has 3 rings (SSSR count). The zero-order valence-electron chi connectivity index (χ0n) is 11.3. The van der Waals surface area contributed by atoms with Crippen molar-refractivity contribution in [3.05, 3.63) is 29.8 Å². The van der Waals surface area contributed by atoms with E-state index in [9.17, 15) is 0 Å². The third-order valence-corrected chi connectivity index (χ3v) is 3.76. The lowest BCUT2D eigenvalue weighted by molar-refractivity contribution is 0.292. The topological polar surface area (TPSA) is 42.9 Å². The number of benzene rings is 1. The summed E-state index contributed by atoms with van der Waals surface area (Å²) in [5.41, 5.74) is 1.16. The first-order valence-corrected chi connectivity index (χ1v) is 6.94. The predicted molar refractivity (Wildman–Crippen MR) is 74.8 cm³/mol. The van der Waals surface area contributed by atoms with Crippen LogP contribution in [0.2, 0.25) is 0 Å². The molecule has 0 aromatic heterocycles. The normalized spacial score (nSPS) is 26.7. The molecule has 1 fully saturated rings. The zero-order chi connectivity index (χ0) is 13.1. The number of rotatable bonds is 3. The Balaban J connectivity index is 1.74. The van der Waals surface area contributed by atoms with Crippen molar-refractivity contribution in [1.82, 2.24) is 5.32 Å². The fraction of sp³-hybridized carbons (Fsp3) is 0.533. The van der Waals surface area contributed by atoms with Gasteiger partial charge >= 0.3 is 0 Å². The highest BCUT2D eigenvalue weighted by atomic mass is 16.5. The molecule has 2 aliphatic rings. The zero-order valence-corrected chi connectivity index (χ0v) is 11.3. The molecule has 1 aromatic rings. The molecule has 0 bridgehead atoms. The van der Waals surface area contributed by atoms with E-state index in [1.54, 1.807) is 7.11 Å². The molecule has 1 N–H and O–H groups in total. The van der Waals surface area contributed by atoms with E-state index in [1.165, 1.54) is 12.8 Å². The second kappa shape index (κ2) is 5.61. The first-order valence-electron chi connectivity index (χ1n) is 6.94. The minimum atomic E-state index is 0.105. The summed E-state index contributed by atoms with van der Waals surface area (Å²) in [4.78, 5) is 4.73. The van der Waals surface area contributed by atoms with Crippen LogP contribution in [0.5, 0.6) is 5.75 Å². The van der Waals surface area contributed by atoms with Gasteiger partial charge in [0.1, 0.15) is 18.4 Å². The number of nitrogens with zero attached hydrogens (tertiary/aromatic N) is 1. The number of hydrogen-bond acceptors (Lipinski definition) is 4. The summed E-state index contributed by atoms with van der Waals surface area (Å²) in [5.74, 6) is 1.75. The number of aliphatic imine (C=N–C) groups is 1. The van der Waals surface area contributed by atoms with E-state index in [1.807, 2.05) is 18.2 Å². The molecule has 4 heteroatoms. The lowest BCUT2D eigenvalue weighted by atomic mass is 10.1. The molecule has 19 heavy (non-hydrogen) atoms. The van der Waals surface area contributed by atoms with Crippen molar-refractivity contribution < 1.29 is 9.47 Å². The van der Waals surface area contributed by atoms with Gasteiger partial charge in [-0.1, -0.05) is 18.6 Å². The van der Waals surface area contributed by atoms with Gasteiger partial charge in [0.05, 0.1) is 13.2 Å². The summed E-state index contributed by atoms with van der Waals surface area (Å²) in [6.45, 7) is 1.71. The van der Waals surface area contributed by atoms with Crippen LogP contribution in [0.1, 0.15) is 30.9 Å². The molecule has 0 amide bonds. The third kappa shape index (κ3) is 2.73. The van der Waals surface area contributed by atoms with Crippen LogP contribution < -0.4 is 10.1 Å². The van der Waals surface area contributed by atoms with Gasteiger partial charge in [0.15, 0.2) is 0 Å². The van der Waals surface area contributed by atoms with Crippen molar-refractivity contribution in [3.8, 4) is 5.75 Å². The summed E-state index contributed by atoms with van der Waals surface area (Å²) in [7, 11) is 1.69. The third-order valence-electron chi connectivity index (χ3n) is 3.76. The fourth-order valence-electron chi connectivity index (χ4n) is 2.67. The Morgan fingerprint density at radius 1 is 1.37 bits per heavy atom. The standard InChI is InChI=1S/C15H20N2O2/c1-18-12-6-4-5-11(9-12)14-10-19-15(17-14)13-7-2-3-8-16-13/h4-6,9,13-14,16H,2-3,7-8,10H2,1H3. The van der Waals surface area contributed by atoms with Crippen LogP contribution in [0, 0.1) is 0 Å². The lowest BCUT2D eigenvalue weighted by Crippen LogP contribution is -2.40. The molecule has 1 aromatic carbocycles. The van der Waals surface area contributed by atoms with Gasteiger partial charge in [0.25, 0.3) is 0 Å². The van der Waals surface area contributed by atoms with Crippen LogP contribution in [-0.2, 0) is 4.74 Å². The van der Waals surface area contributed by atoms with Gasteiger partial charge in [-0.25, -0.2) is 4.99 Å². The van der Waals surface area contributed by atoms with E-state index in [0.717, 1.165) is 30.2 Å². The van der Waals surface area contributed by atoms with Crippen LogP contribution >= 0.6 is 0 Å². The van der Waals surface area contributed by atoms with E-state index < -0.39 is 0 Å². The van der Waals surface area contributed by atoms with Crippen LogP contribution in [-0.4, -0.2) is 32.2 Å². The first kappa shape index (κ1) is 12.5. The first-order chi connectivity index (χ1) is 9.36. The van der Waals surface area contributed by atoms with Gasteiger partial charge in [-0.2, -0.15) is 0 Å². The largest absolute Gasteiger partial charge is 0.497 e. The molecular formula is C15H20N2O2. The van der Waals surface area contributed by atoms with Crippen molar-refractivity contribution in [3.63, 3.8) is 0 Å². The predicted octanol–water partition coefficient (Wildman–Crippen LogP) is 2.31. The van der Waals surface area contributed by atoms with Gasteiger partial charge < -0.3 is 14.8 Å². The van der Waals surface area contributed by atoms with Crippen molar-refractivity contribution >= 4 is 5.90 Å². The Kier molecular flexibility index (Phi) is 3.69. The molecule has 2 unspecified atom stereocenters. The number of piperidine rings is 1. The van der Waals surface area contributed by atoms with Gasteiger partial charge in [0, 0.05) is 0 Å². The summed E-state index contributed by atoms with van der Waals surface area (Å²) in [6.07, 6.45) is 3.64. The van der Waals surface area contributed by atoms with Crippen LogP contribution in [0.4, 0.5) is 0 Å². The molecule has 0 saturated carbocycles. The molecule has 2 aliphatic heterocycles. The maximum atomic E-state index is 5.78. The van der Waals surface area contributed by atoms with E-state index in [0.29, 0.717) is 12.6 Å². The minimum absolute atomic E-state index is 0.105. The summed E-state index contributed by atoms with van der Waals surface area (Å²) in [6, 6.07) is 8.48. The molecule has 1 saturated heterocycles. The SMILES string of the molecule is COc1cccc(C2COC(C3CCCCN3)=N2)c1. The molecular weight excluding hydrogens is 240 g/mol. The average Bonchev–Trinajstić information content (AvgIpc) is 2.98. The number of methoxy groups -OCH3 is 1. The second-order valence-corrected chi connectivity index (χ2v) is 5.07. The molecule has 0 radical (unpaired) electrons. The van der Waals surface area contributed by atoms with Crippen LogP contribution in [0.25, 0.3) is 0 Å². The van der Waals surface area contributed by atoms with Crippen molar-refractivity contribution in [1.29, 1.82) is 0 Å². The highest BCUT2D eigenvalue weighted by Crippen LogP contribution is 2.27. The van der Waals surface area contributed by atoms with E-state index >= 15 is 0 Å². The van der Waals surface area contributed by atoms with E-state index in [-0.39, 0.29) is 6.04 Å². The minimum Gasteiger partial charge on any atom is -0.497 e. The van der Waals surface area contributed by atoms with Gasteiger partial charge in [-0.05, 0) is 37.1 Å². The lowest BCUT2D eigenvalue weighted by Gasteiger charge is -2.22. The number of ether oxygens (including phenoxy) is 2. The smallest absolute Gasteiger partial charge is 0.201 e. The fourth-order valence-corrected chi connectivity index (χ4v) is 2.67. The summed E-state index contributed by atoms with van der Waals surface area (Å²) in [5, 5.41) is 3.48. The Hall–Kier alpha value is -1.55. The highest BCUT2D eigenvalue weighted by molar-refractivity contribution is 5.83. The quantitative estimate of drug-likeness (QED) is 0.907. The van der Waals surface area contributed by atoms with Crippen molar-refractivity contribution in [2.75, 3.05) is 20.3 Å². The van der Waals surface area contributed by atoms with Crippen molar-refractivity contribution in [2.24, 2.45) is 4.99 Å². The maximum Gasteiger partial charge on any atom is 0.201 e. The molecule has 102 valence electrons.